The molecule has 1 aliphatic rings. The summed E-state index contributed by atoms with van der Waals surface area (Å²) in [6.07, 6.45) is 3.80. The number of anilines is 1. The van der Waals surface area contributed by atoms with Crippen LogP contribution in [0.25, 0.3) is 0 Å². The molecule has 0 radical (unpaired) electrons. The molecule has 1 N–H and O–H groups in total. The van der Waals surface area contributed by atoms with Gasteiger partial charge in [-0.2, -0.15) is 0 Å². The number of methoxy groups -OCH3 is 1. The molecule has 1 aliphatic carbocycles. The summed E-state index contributed by atoms with van der Waals surface area (Å²) in [6.45, 7) is 0.0224. The lowest BCUT2D eigenvalue weighted by molar-refractivity contribution is -0.113. The lowest BCUT2D eigenvalue weighted by Gasteiger charge is -2.11. The van der Waals surface area contributed by atoms with E-state index in [1.807, 2.05) is 0 Å². The van der Waals surface area contributed by atoms with Crippen LogP contribution < -0.4 is 10.1 Å². The van der Waals surface area contributed by atoms with Gasteiger partial charge in [0.2, 0.25) is 5.91 Å². The van der Waals surface area contributed by atoms with E-state index < -0.39 is 5.97 Å². The molecule has 0 saturated heterocycles. The zero-order valence-corrected chi connectivity index (χ0v) is 18.8. The number of benzene rings is 1. The van der Waals surface area contributed by atoms with E-state index in [4.69, 9.17) is 13.9 Å². The molecule has 11 heteroatoms. The third-order valence-corrected chi connectivity index (χ3v) is 6.79. The fourth-order valence-electron chi connectivity index (χ4n) is 3.29. The van der Waals surface area contributed by atoms with Gasteiger partial charge in [0.1, 0.15) is 16.6 Å². The molecule has 0 aliphatic heterocycles. The van der Waals surface area contributed by atoms with E-state index in [2.05, 4.69) is 15.5 Å². The van der Waals surface area contributed by atoms with Gasteiger partial charge < -0.3 is 19.2 Å². The summed E-state index contributed by atoms with van der Waals surface area (Å²) in [4.78, 5) is 25.9. The van der Waals surface area contributed by atoms with Crippen molar-refractivity contribution >= 4 is 40.0 Å². The molecule has 2 aromatic heterocycles. The average molecular weight is 478 g/mol. The number of nitrogens with one attached hydrogen (secondary N) is 1. The monoisotopic (exact) mass is 477 g/mol. The van der Waals surface area contributed by atoms with Crippen LogP contribution in [0, 0.1) is 5.82 Å². The molecule has 0 saturated carbocycles. The molecule has 168 valence electrons. The molecular formula is C21H20FN3O5S2. The van der Waals surface area contributed by atoms with E-state index in [0.29, 0.717) is 16.3 Å². The van der Waals surface area contributed by atoms with Crippen molar-refractivity contribution in [2.45, 2.75) is 37.5 Å². The average Bonchev–Trinajstić information content (AvgIpc) is 3.40. The highest BCUT2D eigenvalue weighted by atomic mass is 32.2. The van der Waals surface area contributed by atoms with E-state index in [1.54, 1.807) is 0 Å². The second-order valence-corrected chi connectivity index (χ2v) is 8.98. The highest BCUT2D eigenvalue weighted by Crippen LogP contribution is 2.38. The van der Waals surface area contributed by atoms with Gasteiger partial charge in [0.15, 0.2) is 6.61 Å². The van der Waals surface area contributed by atoms with Crippen LogP contribution in [-0.4, -0.2) is 34.9 Å². The quantitative estimate of drug-likeness (QED) is 0.379. The van der Waals surface area contributed by atoms with Gasteiger partial charge in [-0.15, -0.1) is 21.5 Å². The highest BCUT2D eigenvalue weighted by Gasteiger charge is 2.27. The number of carbonyl (C=O) groups is 2. The van der Waals surface area contributed by atoms with Gasteiger partial charge >= 0.3 is 5.97 Å². The molecule has 1 amide bonds. The van der Waals surface area contributed by atoms with Crippen molar-refractivity contribution in [1.82, 2.24) is 10.2 Å². The number of halogens is 1. The zero-order chi connectivity index (χ0) is 22.5. The standard InChI is InChI=1S/C21H20FN3O5S2/c1-28-20(27)18-14-4-2-3-5-15(14)32-19(18)23-16(26)11-31-21-25-24-17(30-21)10-29-13-8-6-12(22)7-9-13/h6-9H,2-5,10-11H2,1H3,(H,23,26). The van der Waals surface area contributed by atoms with E-state index in [9.17, 15) is 14.0 Å². The largest absolute Gasteiger partial charge is 0.484 e. The molecule has 4 rings (SSSR count). The Morgan fingerprint density at radius 3 is 2.78 bits per heavy atom. The van der Waals surface area contributed by atoms with Crippen molar-refractivity contribution in [3.8, 4) is 5.75 Å². The van der Waals surface area contributed by atoms with Gasteiger partial charge in [-0.3, -0.25) is 4.79 Å². The van der Waals surface area contributed by atoms with Gasteiger partial charge in [-0.1, -0.05) is 11.8 Å². The molecule has 0 atom stereocenters. The summed E-state index contributed by atoms with van der Waals surface area (Å²) >= 11 is 2.51. The van der Waals surface area contributed by atoms with Crippen molar-refractivity contribution in [2.24, 2.45) is 0 Å². The summed E-state index contributed by atoms with van der Waals surface area (Å²) < 4.78 is 28.8. The maximum atomic E-state index is 12.9. The molecule has 0 bridgehead atoms. The molecule has 1 aromatic carbocycles. The number of thiophene rings is 1. The van der Waals surface area contributed by atoms with Gasteiger partial charge in [-0.05, 0) is 55.5 Å². The number of nitrogens with zero attached hydrogens (tertiary/aromatic N) is 2. The maximum absolute atomic E-state index is 12.9. The summed E-state index contributed by atoms with van der Waals surface area (Å²) in [5.41, 5.74) is 1.45. The Labute approximate surface area is 191 Å². The molecule has 3 aromatic rings. The minimum Gasteiger partial charge on any atom is -0.484 e. The number of thioether (sulfide) groups is 1. The molecule has 0 unspecified atom stereocenters. The third kappa shape index (κ3) is 5.28. The first-order valence-corrected chi connectivity index (χ1v) is 11.7. The number of aryl methyl sites for hydroxylation is 1. The Morgan fingerprint density at radius 1 is 1.22 bits per heavy atom. The van der Waals surface area contributed by atoms with Crippen LogP contribution in [0.2, 0.25) is 0 Å². The van der Waals surface area contributed by atoms with Gasteiger partial charge in [0.25, 0.3) is 11.1 Å². The summed E-state index contributed by atoms with van der Waals surface area (Å²) in [5.74, 6) is -0.345. The van der Waals surface area contributed by atoms with E-state index in [-0.39, 0.29) is 35.2 Å². The van der Waals surface area contributed by atoms with Crippen molar-refractivity contribution < 1.29 is 27.9 Å². The second kappa shape index (κ2) is 10.1. The number of hydrogen-bond donors (Lipinski definition) is 1. The summed E-state index contributed by atoms with van der Waals surface area (Å²) in [6, 6.07) is 5.57. The van der Waals surface area contributed by atoms with Crippen molar-refractivity contribution in [2.75, 3.05) is 18.2 Å². The topological polar surface area (TPSA) is 104 Å². The number of aromatic nitrogens is 2. The van der Waals surface area contributed by atoms with Crippen LogP contribution in [-0.2, 0) is 29.0 Å². The number of amides is 1. The van der Waals surface area contributed by atoms with E-state index >= 15 is 0 Å². The fraction of sp³-hybridized carbons (Fsp3) is 0.333. The van der Waals surface area contributed by atoms with E-state index in [0.717, 1.165) is 47.9 Å². The third-order valence-electron chi connectivity index (χ3n) is 4.76. The van der Waals surface area contributed by atoms with Crippen molar-refractivity contribution in [3.05, 3.63) is 52.0 Å². The highest BCUT2D eigenvalue weighted by molar-refractivity contribution is 7.99. The van der Waals surface area contributed by atoms with Crippen molar-refractivity contribution in [1.29, 1.82) is 0 Å². The first-order chi connectivity index (χ1) is 15.5. The number of fused-ring (bicyclic) bond motifs is 1. The van der Waals surface area contributed by atoms with Gasteiger partial charge in [0, 0.05) is 4.88 Å². The maximum Gasteiger partial charge on any atom is 0.341 e. The van der Waals surface area contributed by atoms with Crippen LogP contribution >= 0.6 is 23.1 Å². The Kier molecular flexibility index (Phi) is 7.05. The molecule has 0 spiro atoms. The van der Waals surface area contributed by atoms with Crippen LogP contribution in [0.3, 0.4) is 0 Å². The SMILES string of the molecule is COC(=O)c1c(NC(=O)CSc2nnc(COc3ccc(F)cc3)o2)sc2c1CCCC2. The fourth-order valence-corrected chi connectivity index (χ4v) is 5.17. The smallest absolute Gasteiger partial charge is 0.341 e. The number of carbonyl (C=O) groups excluding carboxylic acids is 2. The van der Waals surface area contributed by atoms with Crippen molar-refractivity contribution in [3.63, 3.8) is 0 Å². The van der Waals surface area contributed by atoms with Crippen LogP contribution in [0.15, 0.2) is 33.9 Å². The molecule has 2 heterocycles. The number of rotatable bonds is 8. The van der Waals surface area contributed by atoms with E-state index in [1.165, 1.54) is 42.7 Å². The summed E-state index contributed by atoms with van der Waals surface area (Å²) in [7, 11) is 1.34. The minimum absolute atomic E-state index is 0.0224. The Hall–Kier alpha value is -2.92. The predicted molar refractivity (Wildman–Crippen MR) is 117 cm³/mol. The first kappa shape index (κ1) is 22.3. The Balaban J connectivity index is 1.32. The van der Waals surface area contributed by atoms with Crippen LogP contribution in [0.1, 0.15) is 39.5 Å². The van der Waals surface area contributed by atoms with Crippen LogP contribution in [0.5, 0.6) is 5.75 Å². The predicted octanol–water partition coefficient (Wildman–Crippen LogP) is 4.25. The molecule has 8 nitrogen and oxygen atoms in total. The normalized spacial score (nSPS) is 12.8. The first-order valence-electron chi connectivity index (χ1n) is 9.89. The summed E-state index contributed by atoms with van der Waals surface area (Å²) in [5, 5.41) is 11.3. The molecular weight excluding hydrogens is 457 g/mol. The van der Waals surface area contributed by atoms with Gasteiger partial charge in [-0.25, -0.2) is 9.18 Å². The molecule has 32 heavy (non-hydrogen) atoms. The minimum atomic E-state index is -0.435. The van der Waals surface area contributed by atoms with Gasteiger partial charge in [0.05, 0.1) is 18.4 Å². The zero-order valence-electron chi connectivity index (χ0n) is 17.2. The Morgan fingerprint density at radius 2 is 2.00 bits per heavy atom. The number of ether oxygens (including phenoxy) is 2. The second-order valence-electron chi connectivity index (χ2n) is 6.95. The van der Waals surface area contributed by atoms with Crippen LogP contribution in [0.4, 0.5) is 9.39 Å². The molecule has 0 fully saturated rings. The Bertz CT molecular complexity index is 1110. The lowest BCUT2D eigenvalue weighted by Crippen LogP contribution is -2.16. The number of esters is 1. The lowest BCUT2D eigenvalue weighted by atomic mass is 9.95. The number of hydrogen-bond acceptors (Lipinski definition) is 9.